The Morgan fingerprint density at radius 2 is 2.00 bits per heavy atom. The summed E-state index contributed by atoms with van der Waals surface area (Å²) in [6.45, 7) is 2.34. The second kappa shape index (κ2) is 10.7. The first kappa shape index (κ1) is 23.2. The first-order valence-corrected chi connectivity index (χ1v) is 10.4. The summed E-state index contributed by atoms with van der Waals surface area (Å²) < 4.78 is 18.3. The van der Waals surface area contributed by atoms with Crippen molar-refractivity contribution in [2.45, 2.75) is 13.0 Å². The van der Waals surface area contributed by atoms with Gasteiger partial charge in [-0.05, 0) is 36.8 Å². The Balaban J connectivity index is 1.88. The van der Waals surface area contributed by atoms with Crippen molar-refractivity contribution in [3.8, 4) is 17.2 Å². The van der Waals surface area contributed by atoms with Gasteiger partial charge in [0.1, 0.15) is 17.6 Å². The molecule has 0 spiro atoms. The lowest BCUT2D eigenvalue weighted by molar-refractivity contribution is -0.117. The van der Waals surface area contributed by atoms with Crippen LogP contribution in [-0.2, 0) is 11.8 Å². The van der Waals surface area contributed by atoms with Crippen molar-refractivity contribution >= 4 is 23.6 Å². The molecule has 168 valence electrons. The maximum absolute atomic E-state index is 12.9. The Labute approximate surface area is 192 Å². The minimum atomic E-state index is -0.498. The molecule has 0 radical (unpaired) electrons. The molecule has 0 fully saturated rings. The summed E-state index contributed by atoms with van der Waals surface area (Å²) in [5.41, 5.74) is 1.51. The molecule has 1 unspecified atom stereocenters. The van der Waals surface area contributed by atoms with Crippen LogP contribution in [0.5, 0.6) is 17.2 Å². The lowest BCUT2D eigenvalue weighted by Crippen LogP contribution is -2.30. The summed E-state index contributed by atoms with van der Waals surface area (Å²) in [4.78, 5) is 17.3. The molecule has 0 aliphatic rings. The Morgan fingerprint density at radius 3 is 2.66 bits per heavy atom. The van der Waals surface area contributed by atoms with Crippen molar-refractivity contribution in [3.05, 3.63) is 76.8 Å². The van der Waals surface area contributed by atoms with E-state index in [1.54, 1.807) is 31.5 Å². The van der Waals surface area contributed by atoms with E-state index >= 15 is 0 Å². The Morgan fingerprint density at radius 1 is 1.22 bits per heavy atom. The van der Waals surface area contributed by atoms with E-state index in [0.717, 1.165) is 5.56 Å². The Bertz CT molecular complexity index is 1110. The first-order valence-electron chi connectivity index (χ1n) is 10.1. The molecule has 8 heteroatoms. The van der Waals surface area contributed by atoms with E-state index in [-0.39, 0.29) is 5.91 Å². The number of para-hydroxylation sites is 1. The number of benzene rings is 2. The normalized spacial score (nSPS) is 11.9. The number of rotatable bonds is 9. The predicted molar refractivity (Wildman–Crippen MR) is 124 cm³/mol. The van der Waals surface area contributed by atoms with Crippen molar-refractivity contribution in [2.75, 3.05) is 20.8 Å². The number of amides is 1. The fourth-order valence-electron chi connectivity index (χ4n) is 3.35. The predicted octanol–water partition coefficient (Wildman–Crippen LogP) is 4.41. The van der Waals surface area contributed by atoms with Gasteiger partial charge in [0.2, 0.25) is 5.91 Å². The smallest absolute Gasteiger partial charge is 0.244 e. The summed E-state index contributed by atoms with van der Waals surface area (Å²) in [6, 6.07) is 10.5. The molecule has 0 aliphatic carbocycles. The molecule has 7 nitrogen and oxygen atoms in total. The molecule has 0 bridgehead atoms. The second-order valence-electron chi connectivity index (χ2n) is 6.88. The SMILES string of the molecule is CCOc1cc(/C=C/C(=O)NC(c2ccccc2OC)c2nccn2C)cc(Cl)c1OC. The molecule has 1 N–H and O–H groups in total. The zero-order valence-corrected chi connectivity index (χ0v) is 19.2. The average molecular weight is 456 g/mol. The summed E-state index contributed by atoms with van der Waals surface area (Å²) in [7, 11) is 5.00. The molecular formula is C24H26ClN3O4. The number of aromatic nitrogens is 2. The summed E-state index contributed by atoms with van der Waals surface area (Å²) in [5.74, 6) is 2.02. The fourth-order valence-corrected chi connectivity index (χ4v) is 3.65. The number of imidazole rings is 1. The number of ether oxygens (including phenoxy) is 3. The monoisotopic (exact) mass is 455 g/mol. The van der Waals surface area contributed by atoms with Crippen LogP contribution in [0, 0.1) is 0 Å². The third kappa shape index (κ3) is 5.23. The average Bonchev–Trinajstić information content (AvgIpc) is 3.21. The maximum Gasteiger partial charge on any atom is 0.244 e. The molecular weight excluding hydrogens is 430 g/mol. The van der Waals surface area contributed by atoms with Gasteiger partial charge < -0.3 is 24.1 Å². The molecule has 2 aromatic carbocycles. The molecule has 0 aliphatic heterocycles. The highest BCUT2D eigenvalue weighted by molar-refractivity contribution is 6.32. The van der Waals surface area contributed by atoms with Crippen molar-refractivity contribution in [2.24, 2.45) is 7.05 Å². The highest BCUT2D eigenvalue weighted by Gasteiger charge is 2.23. The van der Waals surface area contributed by atoms with Gasteiger partial charge in [-0.25, -0.2) is 4.98 Å². The molecule has 1 aromatic heterocycles. The van der Waals surface area contributed by atoms with Gasteiger partial charge in [-0.3, -0.25) is 4.79 Å². The van der Waals surface area contributed by atoms with Gasteiger partial charge in [-0.2, -0.15) is 0 Å². The van der Waals surface area contributed by atoms with Gasteiger partial charge >= 0.3 is 0 Å². The lowest BCUT2D eigenvalue weighted by atomic mass is 10.0. The summed E-state index contributed by atoms with van der Waals surface area (Å²) >= 11 is 6.30. The quantitative estimate of drug-likeness (QED) is 0.484. The van der Waals surface area contributed by atoms with Crippen LogP contribution < -0.4 is 19.5 Å². The highest BCUT2D eigenvalue weighted by Crippen LogP contribution is 2.36. The van der Waals surface area contributed by atoms with E-state index in [9.17, 15) is 4.79 Å². The molecule has 0 saturated carbocycles. The van der Waals surface area contributed by atoms with E-state index in [4.69, 9.17) is 25.8 Å². The van der Waals surface area contributed by atoms with Crippen molar-refractivity contribution < 1.29 is 19.0 Å². The minimum absolute atomic E-state index is 0.297. The van der Waals surface area contributed by atoms with Crippen LogP contribution in [0.4, 0.5) is 0 Å². The highest BCUT2D eigenvalue weighted by atomic mass is 35.5. The summed E-state index contributed by atoms with van der Waals surface area (Å²) in [5, 5.41) is 3.42. The molecule has 32 heavy (non-hydrogen) atoms. The van der Waals surface area contributed by atoms with Gasteiger partial charge in [0.05, 0.1) is 25.8 Å². The fraction of sp³-hybridized carbons (Fsp3) is 0.250. The summed E-state index contributed by atoms with van der Waals surface area (Å²) in [6.07, 6.45) is 6.63. The van der Waals surface area contributed by atoms with Crippen molar-refractivity contribution in [1.82, 2.24) is 14.9 Å². The number of halogens is 1. The molecule has 1 atom stereocenters. The van der Waals surface area contributed by atoms with Crippen molar-refractivity contribution in [1.29, 1.82) is 0 Å². The van der Waals surface area contributed by atoms with E-state index in [1.807, 2.05) is 49.0 Å². The minimum Gasteiger partial charge on any atom is -0.496 e. The van der Waals surface area contributed by atoms with Crippen LogP contribution in [0.25, 0.3) is 6.08 Å². The number of nitrogens with zero attached hydrogens (tertiary/aromatic N) is 2. The van der Waals surface area contributed by atoms with Gasteiger partial charge in [0.15, 0.2) is 11.5 Å². The number of hydrogen-bond acceptors (Lipinski definition) is 5. The Hall–Kier alpha value is -3.45. The molecule has 0 saturated heterocycles. The van der Waals surface area contributed by atoms with Crippen LogP contribution in [0.3, 0.4) is 0 Å². The second-order valence-corrected chi connectivity index (χ2v) is 7.29. The Kier molecular flexibility index (Phi) is 7.78. The third-order valence-electron chi connectivity index (χ3n) is 4.82. The van der Waals surface area contributed by atoms with Gasteiger partial charge in [-0.1, -0.05) is 29.8 Å². The molecule has 3 aromatic rings. The van der Waals surface area contributed by atoms with Crippen LogP contribution in [0.15, 0.2) is 54.9 Å². The van der Waals surface area contributed by atoms with E-state index in [2.05, 4.69) is 10.3 Å². The largest absolute Gasteiger partial charge is 0.496 e. The van der Waals surface area contributed by atoms with Gasteiger partial charge in [0.25, 0.3) is 0 Å². The van der Waals surface area contributed by atoms with E-state index in [0.29, 0.717) is 40.3 Å². The zero-order valence-electron chi connectivity index (χ0n) is 18.5. The lowest BCUT2D eigenvalue weighted by Gasteiger charge is -2.20. The maximum atomic E-state index is 12.9. The topological polar surface area (TPSA) is 74.6 Å². The third-order valence-corrected chi connectivity index (χ3v) is 5.10. The number of nitrogens with one attached hydrogen (secondary N) is 1. The van der Waals surface area contributed by atoms with Crippen molar-refractivity contribution in [3.63, 3.8) is 0 Å². The van der Waals surface area contributed by atoms with Gasteiger partial charge in [-0.15, -0.1) is 0 Å². The number of methoxy groups -OCH3 is 2. The number of carbonyl (C=O) groups is 1. The number of carbonyl (C=O) groups excluding carboxylic acids is 1. The van der Waals surface area contributed by atoms with E-state index in [1.165, 1.54) is 13.2 Å². The van der Waals surface area contributed by atoms with Crippen LogP contribution in [0.1, 0.15) is 29.9 Å². The zero-order chi connectivity index (χ0) is 23.1. The van der Waals surface area contributed by atoms with Gasteiger partial charge in [0, 0.05) is 31.1 Å². The molecule has 1 heterocycles. The first-order chi connectivity index (χ1) is 15.5. The standard InChI is InChI=1S/C24H26ClN3O4/c1-5-32-20-15-16(14-18(25)23(20)31-4)10-11-21(29)27-22(24-26-12-13-28(24)2)17-8-6-7-9-19(17)30-3/h6-15,22H,5H2,1-4H3,(H,27,29)/b11-10+. The number of hydrogen-bond donors (Lipinski definition) is 1. The molecule has 3 rings (SSSR count). The van der Waals surface area contributed by atoms with Crippen LogP contribution in [0.2, 0.25) is 5.02 Å². The molecule has 1 amide bonds. The number of aryl methyl sites for hydroxylation is 1. The van der Waals surface area contributed by atoms with E-state index < -0.39 is 6.04 Å². The van der Waals surface area contributed by atoms with Crippen LogP contribution >= 0.6 is 11.6 Å². The van der Waals surface area contributed by atoms with Crippen LogP contribution in [-0.4, -0.2) is 36.3 Å².